The van der Waals surface area contributed by atoms with Crippen LogP contribution in [0.2, 0.25) is 0 Å². The van der Waals surface area contributed by atoms with Gasteiger partial charge in [0.2, 0.25) is 0 Å². The average molecular weight is 221 g/mol. The smallest absolute Gasteiger partial charge is 0.156 e. The highest BCUT2D eigenvalue weighted by Crippen LogP contribution is 2.24. The summed E-state index contributed by atoms with van der Waals surface area (Å²) in [4.78, 5) is 10.6. The first-order valence-corrected chi connectivity index (χ1v) is 5.86. The van der Waals surface area contributed by atoms with Crippen molar-refractivity contribution in [2.75, 3.05) is 18.0 Å². The number of aliphatic hydroxyl groups is 1. The van der Waals surface area contributed by atoms with Gasteiger partial charge in [0.05, 0.1) is 0 Å². The molecule has 1 N–H and O–H groups in total. The summed E-state index contributed by atoms with van der Waals surface area (Å²) in [6.07, 6.45) is 3.01. The van der Waals surface area contributed by atoms with Gasteiger partial charge >= 0.3 is 0 Å². The third-order valence-corrected chi connectivity index (χ3v) is 3.03. The molecule has 1 aliphatic rings. The van der Waals surface area contributed by atoms with Gasteiger partial charge in [-0.05, 0) is 24.3 Å². The Hall–Kier alpha value is -1.16. The zero-order chi connectivity index (χ0) is 11.5. The predicted octanol–water partition coefficient (Wildman–Crippen LogP) is 1.45. The molecule has 4 heteroatoms. The van der Waals surface area contributed by atoms with E-state index in [9.17, 15) is 0 Å². The summed E-state index contributed by atoms with van der Waals surface area (Å²) >= 11 is 0. The van der Waals surface area contributed by atoms with Crippen LogP contribution in [0.15, 0.2) is 12.3 Å². The maximum Gasteiger partial charge on any atom is 0.156 e. The van der Waals surface area contributed by atoms with E-state index in [0.717, 1.165) is 18.9 Å². The molecule has 2 atom stereocenters. The first kappa shape index (κ1) is 11.3. The van der Waals surface area contributed by atoms with Crippen molar-refractivity contribution in [3.05, 3.63) is 18.1 Å². The molecule has 1 fully saturated rings. The van der Waals surface area contributed by atoms with Crippen molar-refractivity contribution in [2.24, 2.45) is 11.8 Å². The van der Waals surface area contributed by atoms with Gasteiger partial charge in [-0.25, -0.2) is 9.97 Å². The first-order chi connectivity index (χ1) is 7.69. The third kappa shape index (κ3) is 2.50. The molecule has 0 amide bonds. The average Bonchev–Trinajstić information content (AvgIpc) is 2.28. The monoisotopic (exact) mass is 221 g/mol. The van der Waals surface area contributed by atoms with Crippen molar-refractivity contribution in [2.45, 2.75) is 26.9 Å². The molecule has 1 aromatic heterocycles. The Balaban J connectivity index is 2.16. The molecule has 1 saturated heterocycles. The van der Waals surface area contributed by atoms with Crippen LogP contribution >= 0.6 is 0 Å². The minimum absolute atomic E-state index is 0.0905. The zero-order valence-electron chi connectivity index (χ0n) is 9.93. The Bertz CT molecular complexity index is 346. The van der Waals surface area contributed by atoms with E-state index in [1.54, 1.807) is 6.20 Å². The van der Waals surface area contributed by atoms with Gasteiger partial charge in [-0.1, -0.05) is 13.8 Å². The number of anilines is 1. The summed E-state index contributed by atoms with van der Waals surface area (Å²) in [5.41, 5.74) is 0. The Morgan fingerprint density at radius 2 is 2.06 bits per heavy atom. The van der Waals surface area contributed by atoms with Gasteiger partial charge in [-0.15, -0.1) is 0 Å². The summed E-state index contributed by atoms with van der Waals surface area (Å²) in [7, 11) is 0. The van der Waals surface area contributed by atoms with Crippen molar-refractivity contribution in [3.8, 4) is 0 Å². The van der Waals surface area contributed by atoms with Gasteiger partial charge in [0.1, 0.15) is 12.4 Å². The van der Waals surface area contributed by atoms with Crippen molar-refractivity contribution in [1.82, 2.24) is 9.97 Å². The molecule has 88 valence electrons. The lowest BCUT2D eigenvalue weighted by molar-refractivity contribution is 0.271. The van der Waals surface area contributed by atoms with E-state index in [2.05, 4.69) is 28.7 Å². The summed E-state index contributed by atoms with van der Waals surface area (Å²) in [5.74, 6) is 2.86. The number of hydrogen-bond donors (Lipinski definition) is 1. The van der Waals surface area contributed by atoms with Gasteiger partial charge in [-0.3, -0.25) is 0 Å². The lowest BCUT2D eigenvalue weighted by atomic mass is 9.92. The van der Waals surface area contributed by atoms with Gasteiger partial charge in [0.15, 0.2) is 5.82 Å². The first-order valence-electron chi connectivity index (χ1n) is 5.86. The molecule has 4 nitrogen and oxygen atoms in total. The molecule has 1 aromatic rings. The number of aromatic nitrogens is 2. The van der Waals surface area contributed by atoms with Crippen LogP contribution < -0.4 is 4.90 Å². The summed E-state index contributed by atoms with van der Waals surface area (Å²) in [6, 6.07) is 1.92. The molecule has 0 radical (unpaired) electrons. The molecule has 2 unspecified atom stereocenters. The molecule has 0 aromatic carbocycles. The quantitative estimate of drug-likeness (QED) is 0.821. The lowest BCUT2D eigenvalue weighted by Crippen LogP contribution is -2.39. The van der Waals surface area contributed by atoms with Crippen LogP contribution in [-0.2, 0) is 6.61 Å². The van der Waals surface area contributed by atoms with E-state index < -0.39 is 0 Å². The van der Waals surface area contributed by atoms with Crippen LogP contribution in [0.3, 0.4) is 0 Å². The molecular weight excluding hydrogens is 202 g/mol. The summed E-state index contributed by atoms with van der Waals surface area (Å²) < 4.78 is 0. The molecule has 1 aliphatic heterocycles. The van der Waals surface area contributed by atoms with Crippen LogP contribution in [-0.4, -0.2) is 28.2 Å². The molecule has 16 heavy (non-hydrogen) atoms. The molecular formula is C12H19N3O. The molecule has 0 spiro atoms. The molecule has 2 heterocycles. The summed E-state index contributed by atoms with van der Waals surface area (Å²) in [6.45, 7) is 6.55. The van der Waals surface area contributed by atoms with Crippen molar-refractivity contribution in [1.29, 1.82) is 0 Å². The fourth-order valence-corrected chi connectivity index (χ4v) is 2.49. The third-order valence-electron chi connectivity index (χ3n) is 3.03. The number of rotatable bonds is 2. The van der Waals surface area contributed by atoms with E-state index in [1.165, 1.54) is 6.42 Å². The molecule has 2 rings (SSSR count). The highest BCUT2D eigenvalue weighted by atomic mass is 16.3. The zero-order valence-corrected chi connectivity index (χ0v) is 9.93. The van der Waals surface area contributed by atoms with Crippen LogP contribution in [0.5, 0.6) is 0 Å². The number of nitrogens with zero attached hydrogens (tertiary/aromatic N) is 3. The Labute approximate surface area is 96.3 Å². The van der Waals surface area contributed by atoms with Gasteiger partial charge in [0, 0.05) is 19.3 Å². The highest BCUT2D eigenvalue weighted by molar-refractivity contribution is 5.38. The number of hydrogen-bond acceptors (Lipinski definition) is 4. The molecule has 0 saturated carbocycles. The van der Waals surface area contributed by atoms with Crippen LogP contribution in [0, 0.1) is 11.8 Å². The fraction of sp³-hybridized carbons (Fsp3) is 0.667. The normalized spacial score (nSPS) is 25.8. The fourth-order valence-electron chi connectivity index (χ4n) is 2.49. The van der Waals surface area contributed by atoms with Gasteiger partial charge < -0.3 is 10.0 Å². The molecule has 0 bridgehead atoms. The van der Waals surface area contributed by atoms with Gasteiger partial charge in [-0.2, -0.15) is 0 Å². The van der Waals surface area contributed by atoms with Crippen LogP contribution in [0.1, 0.15) is 26.1 Å². The van der Waals surface area contributed by atoms with E-state index >= 15 is 0 Å². The topological polar surface area (TPSA) is 49.2 Å². The number of aliphatic hydroxyl groups excluding tert-OH is 1. The van der Waals surface area contributed by atoms with Crippen LogP contribution in [0.25, 0.3) is 0 Å². The minimum Gasteiger partial charge on any atom is -0.388 e. The van der Waals surface area contributed by atoms with Crippen molar-refractivity contribution in [3.63, 3.8) is 0 Å². The summed E-state index contributed by atoms with van der Waals surface area (Å²) in [5, 5.41) is 9.02. The number of piperidine rings is 1. The van der Waals surface area contributed by atoms with Crippen molar-refractivity contribution < 1.29 is 5.11 Å². The largest absolute Gasteiger partial charge is 0.388 e. The second-order valence-corrected chi connectivity index (χ2v) is 4.84. The van der Waals surface area contributed by atoms with E-state index in [-0.39, 0.29) is 6.61 Å². The lowest BCUT2D eigenvalue weighted by Gasteiger charge is -2.35. The Kier molecular flexibility index (Phi) is 3.39. The van der Waals surface area contributed by atoms with Gasteiger partial charge in [0.25, 0.3) is 0 Å². The van der Waals surface area contributed by atoms with E-state index in [4.69, 9.17) is 5.11 Å². The maximum absolute atomic E-state index is 9.02. The second kappa shape index (κ2) is 4.78. The van der Waals surface area contributed by atoms with E-state index in [0.29, 0.717) is 17.7 Å². The predicted molar refractivity (Wildman–Crippen MR) is 63.1 cm³/mol. The van der Waals surface area contributed by atoms with Crippen LogP contribution in [0.4, 0.5) is 5.82 Å². The second-order valence-electron chi connectivity index (χ2n) is 4.84. The van der Waals surface area contributed by atoms with E-state index in [1.807, 2.05) is 6.07 Å². The SMILES string of the molecule is CC1CC(C)CN(c2ccnc(CO)n2)C1. The Morgan fingerprint density at radius 3 is 2.69 bits per heavy atom. The van der Waals surface area contributed by atoms with Crippen molar-refractivity contribution >= 4 is 5.82 Å². The highest BCUT2D eigenvalue weighted by Gasteiger charge is 2.22. The maximum atomic E-state index is 9.02. The molecule has 0 aliphatic carbocycles. The minimum atomic E-state index is -0.0905. The Morgan fingerprint density at radius 1 is 1.38 bits per heavy atom. The standard InChI is InChI=1S/C12H19N3O/c1-9-5-10(2)7-15(6-9)12-3-4-13-11(8-16)14-12/h3-4,9-10,16H,5-8H2,1-2H3.